The van der Waals surface area contributed by atoms with Crippen LogP contribution in [-0.2, 0) is 14.3 Å². The number of hydrazone groups is 1. The Morgan fingerprint density at radius 1 is 1.11 bits per heavy atom. The molecule has 1 amide bonds. The van der Waals surface area contributed by atoms with E-state index in [1.807, 2.05) is 49.1 Å². The van der Waals surface area contributed by atoms with Crippen LogP contribution in [0.3, 0.4) is 0 Å². The number of benzene rings is 2. The monoisotopic (exact) mass is 477 g/mol. The van der Waals surface area contributed by atoms with Gasteiger partial charge in [0.1, 0.15) is 0 Å². The molecule has 1 fully saturated rings. The molecule has 0 bridgehead atoms. The van der Waals surface area contributed by atoms with Gasteiger partial charge in [-0.2, -0.15) is 5.10 Å². The number of hydrogen-bond donors (Lipinski definition) is 0. The molecule has 8 nitrogen and oxygen atoms in total. The fourth-order valence-corrected chi connectivity index (χ4v) is 4.96. The molecule has 0 saturated carbocycles. The number of piperidine rings is 1. The summed E-state index contributed by atoms with van der Waals surface area (Å²) in [5, 5.41) is 6.41. The summed E-state index contributed by atoms with van der Waals surface area (Å²) in [4.78, 5) is 27.9. The summed E-state index contributed by atoms with van der Waals surface area (Å²) >= 11 is 0. The fourth-order valence-electron chi connectivity index (χ4n) is 4.96. The molecule has 1 saturated heterocycles. The summed E-state index contributed by atoms with van der Waals surface area (Å²) < 4.78 is 16.3. The zero-order valence-corrected chi connectivity index (χ0v) is 20.2. The van der Waals surface area contributed by atoms with Gasteiger partial charge in [-0.05, 0) is 56.5 Å². The van der Waals surface area contributed by atoms with E-state index in [1.54, 1.807) is 5.01 Å². The number of fused-ring (bicyclic) bond motifs is 1. The van der Waals surface area contributed by atoms with Crippen LogP contribution in [0, 0.1) is 12.8 Å². The smallest absolute Gasteiger partial charge is 0.310 e. The Hall–Kier alpha value is -3.39. The first-order chi connectivity index (χ1) is 17.0. The third-order valence-electron chi connectivity index (χ3n) is 6.82. The Bertz CT molecular complexity index is 1130. The van der Waals surface area contributed by atoms with Gasteiger partial charge in [-0.15, -0.1) is 0 Å². The van der Waals surface area contributed by atoms with Crippen molar-refractivity contribution in [2.75, 3.05) is 33.0 Å². The van der Waals surface area contributed by atoms with E-state index in [0.29, 0.717) is 31.1 Å². The van der Waals surface area contributed by atoms with Crippen LogP contribution in [0.4, 0.5) is 0 Å². The minimum absolute atomic E-state index is 0.0840. The topological polar surface area (TPSA) is 80.7 Å². The largest absolute Gasteiger partial charge is 0.466 e. The van der Waals surface area contributed by atoms with Crippen LogP contribution in [0.5, 0.6) is 11.5 Å². The number of esters is 1. The molecule has 3 aliphatic heterocycles. The summed E-state index contributed by atoms with van der Waals surface area (Å²) in [5.41, 5.74) is 4.02. The first kappa shape index (κ1) is 23.4. The number of carbonyl (C=O) groups excluding carboxylic acids is 2. The first-order valence-corrected chi connectivity index (χ1v) is 12.3. The molecule has 0 aromatic heterocycles. The summed E-state index contributed by atoms with van der Waals surface area (Å²) in [6.07, 6.45) is 2.27. The minimum atomic E-state index is -0.237. The number of amides is 1. The van der Waals surface area contributed by atoms with Gasteiger partial charge in [0.15, 0.2) is 11.5 Å². The molecule has 35 heavy (non-hydrogen) atoms. The lowest BCUT2D eigenvalue weighted by atomic mass is 9.97. The van der Waals surface area contributed by atoms with Gasteiger partial charge in [0.2, 0.25) is 6.79 Å². The van der Waals surface area contributed by atoms with E-state index in [-0.39, 0.29) is 37.2 Å². The van der Waals surface area contributed by atoms with Gasteiger partial charge in [0.25, 0.3) is 5.91 Å². The maximum Gasteiger partial charge on any atom is 0.310 e. The van der Waals surface area contributed by atoms with Gasteiger partial charge in [-0.1, -0.05) is 35.9 Å². The molecule has 2 atom stereocenters. The van der Waals surface area contributed by atoms with E-state index >= 15 is 0 Å². The molecule has 8 heteroatoms. The number of likely N-dealkylation sites (tertiary alicyclic amines) is 1. The highest BCUT2D eigenvalue weighted by Crippen LogP contribution is 2.39. The zero-order chi connectivity index (χ0) is 24.4. The molecule has 0 spiro atoms. The van der Waals surface area contributed by atoms with Crippen molar-refractivity contribution in [2.24, 2.45) is 11.0 Å². The normalized spacial score (nSPS) is 21.7. The van der Waals surface area contributed by atoms with Crippen molar-refractivity contribution in [3.8, 4) is 11.5 Å². The maximum absolute atomic E-state index is 13.6. The lowest BCUT2D eigenvalue weighted by Crippen LogP contribution is -2.44. The highest BCUT2D eigenvalue weighted by molar-refractivity contribution is 6.03. The number of hydrogen-bond acceptors (Lipinski definition) is 7. The quantitative estimate of drug-likeness (QED) is 0.591. The molecule has 5 rings (SSSR count). The predicted octanol–water partition coefficient (Wildman–Crippen LogP) is 3.68. The number of carbonyl (C=O) groups is 2. The lowest BCUT2D eigenvalue weighted by Gasteiger charge is -2.32. The van der Waals surface area contributed by atoms with Crippen LogP contribution >= 0.6 is 0 Å². The second-order valence-electron chi connectivity index (χ2n) is 9.31. The third-order valence-corrected chi connectivity index (χ3v) is 6.82. The molecule has 0 N–H and O–H groups in total. The van der Waals surface area contributed by atoms with Crippen molar-refractivity contribution in [1.29, 1.82) is 0 Å². The van der Waals surface area contributed by atoms with E-state index in [2.05, 4.69) is 12.1 Å². The molecular weight excluding hydrogens is 446 g/mol. The summed E-state index contributed by atoms with van der Waals surface area (Å²) in [6, 6.07) is 13.8. The maximum atomic E-state index is 13.6. The van der Waals surface area contributed by atoms with Crippen LogP contribution in [0.1, 0.15) is 48.9 Å². The molecule has 2 aromatic carbocycles. The van der Waals surface area contributed by atoms with Crippen LogP contribution in [0.15, 0.2) is 47.6 Å². The molecule has 2 aromatic rings. The van der Waals surface area contributed by atoms with Gasteiger partial charge in [0.05, 0.1) is 30.8 Å². The lowest BCUT2D eigenvalue weighted by molar-refractivity contribution is -0.150. The summed E-state index contributed by atoms with van der Waals surface area (Å²) in [5.74, 6) is 0.948. The summed E-state index contributed by atoms with van der Waals surface area (Å²) in [7, 11) is 0. The number of aryl methyl sites for hydroxylation is 1. The van der Waals surface area contributed by atoms with E-state index in [4.69, 9.17) is 19.3 Å². The molecule has 0 aliphatic carbocycles. The van der Waals surface area contributed by atoms with Gasteiger partial charge < -0.3 is 14.2 Å². The first-order valence-electron chi connectivity index (χ1n) is 12.3. The average molecular weight is 478 g/mol. The Kier molecular flexibility index (Phi) is 6.72. The molecule has 3 heterocycles. The van der Waals surface area contributed by atoms with Gasteiger partial charge in [0, 0.05) is 13.0 Å². The highest BCUT2D eigenvalue weighted by atomic mass is 16.7. The molecule has 3 aliphatic rings. The van der Waals surface area contributed by atoms with Crippen molar-refractivity contribution < 1.29 is 23.8 Å². The SMILES string of the molecule is CCOC(=O)[C@@H]1CCCN(CC(=O)N2N=C(c3ccc(C)cc3)C[C@@H]2c2ccc3c(c2)OCO3)C1. The fraction of sp³-hybridized carbons (Fsp3) is 0.444. The number of rotatable bonds is 6. The average Bonchev–Trinajstić information content (AvgIpc) is 3.52. The van der Waals surface area contributed by atoms with Gasteiger partial charge in [-0.25, -0.2) is 5.01 Å². The van der Waals surface area contributed by atoms with Gasteiger partial charge >= 0.3 is 5.97 Å². The number of ether oxygens (including phenoxy) is 3. The van der Waals surface area contributed by atoms with E-state index < -0.39 is 0 Å². The Morgan fingerprint density at radius 2 is 1.91 bits per heavy atom. The van der Waals surface area contributed by atoms with Crippen molar-refractivity contribution in [2.45, 2.75) is 39.2 Å². The highest BCUT2D eigenvalue weighted by Gasteiger charge is 2.36. The standard InChI is InChI=1S/C27H31N3O5/c1-3-33-27(32)21-5-4-12-29(15-21)16-26(31)30-23(20-10-11-24-25(13-20)35-17-34-24)14-22(28-30)19-8-6-18(2)7-9-19/h6-11,13,21,23H,3-5,12,14-17H2,1-2H3/t21-,23-/m1/s1. The van der Waals surface area contributed by atoms with Crippen molar-refractivity contribution in [3.63, 3.8) is 0 Å². The van der Waals surface area contributed by atoms with Crippen molar-refractivity contribution >= 4 is 17.6 Å². The number of nitrogens with zero attached hydrogens (tertiary/aromatic N) is 3. The Balaban J connectivity index is 1.37. The minimum Gasteiger partial charge on any atom is -0.466 e. The van der Waals surface area contributed by atoms with Crippen LogP contribution in [0.25, 0.3) is 0 Å². The molecule has 184 valence electrons. The third kappa shape index (κ3) is 5.03. The van der Waals surface area contributed by atoms with Crippen molar-refractivity contribution in [1.82, 2.24) is 9.91 Å². The van der Waals surface area contributed by atoms with Crippen LogP contribution in [0.2, 0.25) is 0 Å². The van der Waals surface area contributed by atoms with E-state index in [0.717, 1.165) is 36.2 Å². The Labute approximate surface area is 205 Å². The zero-order valence-electron chi connectivity index (χ0n) is 20.2. The second kappa shape index (κ2) is 10.1. The summed E-state index contributed by atoms with van der Waals surface area (Å²) in [6.45, 7) is 5.95. The van der Waals surface area contributed by atoms with Gasteiger partial charge in [-0.3, -0.25) is 14.5 Å². The molecule has 0 radical (unpaired) electrons. The predicted molar refractivity (Wildman–Crippen MR) is 130 cm³/mol. The molecular formula is C27H31N3O5. The molecule has 0 unspecified atom stereocenters. The van der Waals surface area contributed by atoms with E-state index in [1.165, 1.54) is 5.56 Å². The van der Waals surface area contributed by atoms with Crippen LogP contribution in [-0.4, -0.2) is 60.5 Å². The van der Waals surface area contributed by atoms with Crippen LogP contribution < -0.4 is 9.47 Å². The van der Waals surface area contributed by atoms with E-state index in [9.17, 15) is 9.59 Å². The Morgan fingerprint density at radius 3 is 2.71 bits per heavy atom. The second-order valence-corrected chi connectivity index (χ2v) is 9.31. The van der Waals surface area contributed by atoms with Crippen molar-refractivity contribution in [3.05, 3.63) is 59.2 Å².